The van der Waals surface area contributed by atoms with Crippen LogP contribution >= 0.6 is 11.3 Å². The molecule has 1 aliphatic carbocycles. The Hall–Kier alpha value is -3.36. The van der Waals surface area contributed by atoms with E-state index in [0.29, 0.717) is 0 Å². The monoisotopic (exact) mass is 403 g/mol. The van der Waals surface area contributed by atoms with Crippen molar-refractivity contribution in [2.75, 3.05) is 5.32 Å². The molecule has 144 valence electrons. The average Bonchev–Trinajstić information content (AvgIpc) is 3.18. The zero-order chi connectivity index (χ0) is 19.9. The van der Waals surface area contributed by atoms with E-state index in [-0.39, 0.29) is 0 Å². The minimum absolute atomic E-state index is 1.09. The molecule has 2 heteroatoms. The van der Waals surface area contributed by atoms with E-state index >= 15 is 0 Å². The zero-order valence-corrected chi connectivity index (χ0v) is 17.4. The minimum Gasteiger partial charge on any atom is -0.355 e. The molecule has 1 aliphatic rings. The van der Waals surface area contributed by atoms with Crippen LogP contribution in [0.1, 0.15) is 17.5 Å². The number of hydrogen-bond donors (Lipinski definition) is 1. The molecule has 0 fully saturated rings. The van der Waals surface area contributed by atoms with Crippen LogP contribution in [-0.4, -0.2) is 0 Å². The molecule has 5 aromatic rings. The average molecular weight is 404 g/mol. The SMILES string of the molecule is C1=C(Nc2ccc(-c3ccc4sc5ccccc5c4c3)cc2)c2ccccc2CC1. The number of hydrogen-bond acceptors (Lipinski definition) is 2. The molecule has 1 N–H and O–H groups in total. The lowest BCUT2D eigenvalue weighted by Gasteiger charge is -2.19. The molecule has 0 saturated carbocycles. The number of rotatable bonds is 3. The highest BCUT2D eigenvalue weighted by atomic mass is 32.1. The van der Waals surface area contributed by atoms with Crippen molar-refractivity contribution in [3.05, 3.63) is 108 Å². The topological polar surface area (TPSA) is 12.0 Å². The normalized spacial score (nSPS) is 13.3. The maximum Gasteiger partial charge on any atom is 0.0420 e. The Bertz CT molecular complexity index is 1410. The summed E-state index contributed by atoms with van der Waals surface area (Å²) < 4.78 is 2.70. The fourth-order valence-electron chi connectivity index (χ4n) is 4.41. The molecule has 0 amide bonds. The summed E-state index contributed by atoms with van der Waals surface area (Å²) in [7, 11) is 0. The number of fused-ring (bicyclic) bond motifs is 4. The van der Waals surface area contributed by atoms with Gasteiger partial charge in [-0.1, -0.05) is 66.7 Å². The maximum atomic E-state index is 3.63. The number of nitrogens with one attached hydrogen (secondary N) is 1. The maximum absolute atomic E-state index is 3.63. The third kappa shape index (κ3) is 3.01. The second-order valence-electron chi connectivity index (χ2n) is 7.83. The predicted molar refractivity (Wildman–Crippen MR) is 131 cm³/mol. The second-order valence-corrected chi connectivity index (χ2v) is 8.91. The van der Waals surface area contributed by atoms with Gasteiger partial charge in [-0.05, 0) is 59.9 Å². The van der Waals surface area contributed by atoms with Crippen molar-refractivity contribution in [2.24, 2.45) is 0 Å². The van der Waals surface area contributed by atoms with Gasteiger partial charge in [0.2, 0.25) is 0 Å². The van der Waals surface area contributed by atoms with Gasteiger partial charge in [0.15, 0.2) is 0 Å². The molecule has 0 radical (unpaired) electrons. The van der Waals surface area contributed by atoms with Crippen molar-refractivity contribution in [3.8, 4) is 11.1 Å². The number of thiophene rings is 1. The predicted octanol–water partition coefficient (Wildman–Crippen LogP) is 8.12. The highest BCUT2D eigenvalue weighted by molar-refractivity contribution is 7.25. The third-order valence-corrected chi connectivity index (χ3v) is 7.10. The van der Waals surface area contributed by atoms with E-state index in [1.165, 1.54) is 48.1 Å². The van der Waals surface area contributed by atoms with Gasteiger partial charge in [0.1, 0.15) is 0 Å². The summed E-state index contributed by atoms with van der Waals surface area (Å²) in [4.78, 5) is 0. The third-order valence-electron chi connectivity index (χ3n) is 5.94. The van der Waals surface area contributed by atoms with Gasteiger partial charge in [-0.25, -0.2) is 0 Å². The van der Waals surface area contributed by atoms with Crippen molar-refractivity contribution in [3.63, 3.8) is 0 Å². The van der Waals surface area contributed by atoms with Crippen LogP contribution in [-0.2, 0) is 6.42 Å². The minimum atomic E-state index is 1.09. The van der Waals surface area contributed by atoms with E-state index in [0.717, 1.165) is 18.5 Å². The summed E-state index contributed by atoms with van der Waals surface area (Å²) in [5.74, 6) is 0. The summed E-state index contributed by atoms with van der Waals surface area (Å²) in [6.07, 6.45) is 4.53. The van der Waals surface area contributed by atoms with Crippen LogP contribution in [0.25, 0.3) is 37.0 Å². The van der Waals surface area contributed by atoms with Crippen LogP contribution in [0.5, 0.6) is 0 Å². The summed E-state index contributed by atoms with van der Waals surface area (Å²) >= 11 is 1.87. The molecule has 1 aromatic heterocycles. The van der Waals surface area contributed by atoms with Gasteiger partial charge in [0.25, 0.3) is 0 Å². The molecule has 0 aliphatic heterocycles. The lowest BCUT2D eigenvalue weighted by atomic mass is 9.94. The van der Waals surface area contributed by atoms with Gasteiger partial charge >= 0.3 is 0 Å². The first-order chi connectivity index (χ1) is 14.8. The van der Waals surface area contributed by atoms with Crippen molar-refractivity contribution in [1.82, 2.24) is 0 Å². The van der Waals surface area contributed by atoms with E-state index in [2.05, 4.69) is 102 Å². The number of benzene rings is 4. The first-order valence-corrected chi connectivity index (χ1v) is 11.2. The van der Waals surface area contributed by atoms with E-state index < -0.39 is 0 Å². The van der Waals surface area contributed by atoms with Crippen molar-refractivity contribution < 1.29 is 0 Å². The molecule has 1 heterocycles. The molecule has 0 atom stereocenters. The van der Waals surface area contributed by atoms with Crippen LogP contribution in [0.2, 0.25) is 0 Å². The Labute approximate surface area is 180 Å². The molecule has 4 aromatic carbocycles. The van der Waals surface area contributed by atoms with Crippen LogP contribution < -0.4 is 5.32 Å². The Balaban J connectivity index is 1.31. The molecule has 1 nitrogen and oxygen atoms in total. The van der Waals surface area contributed by atoms with Gasteiger partial charge in [0.05, 0.1) is 0 Å². The lowest BCUT2D eigenvalue weighted by Crippen LogP contribution is -2.06. The summed E-state index contributed by atoms with van der Waals surface area (Å²) in [6.45, 7) is 0. The smallest absolute Gasteiger partial charge is 0.0420 e. The van der Waals surface area contributed by atoms with Gasteiger partial charge in [0, 0.05) is 37.1 Å². The Morgan fingerprint density at radius 3 is 2.37 bits per heavy atom. The van der Waals surface area contributed by atoms with E-state index in [1.807, 2.05) is 11.3 Å². The number of allylic oxidation sites excluding steroid dienone is 1. The van der Waals surface area contributed by atoms with Crippen molar-refractivity contribution >= 4 is 42.9 Å². The molecule has 0 saturated heterocycles. The van der Waals surface area contributed by atoms with Crippen molar-refractivity contribution in [1.29, 1.82) is 0 Å². The standard InChI is InChI=1S/C28H21NS/c1-2-8-23-20(6-1)7-5-10-26(23)29-22-15-12-19(13-16-22)21-14-17-28-25(18-21)24-9-3-4-11-27(24)30-28/h1-4,6,8-18,29H,5,7H2. The first-order valence-electron chi connectivity index (χ1n) is 10.4. The molecule has 0 bridgehead atoms. The quantitative estimate of drug-likeness (QED) is 0.321. The highest BCUT2D eigenvalue weighted by Crippen LogP contribution is 2.36. The van der Waals surface area contributed by atoms with E-state index in [9.17, 15) is 0 Å². The molecule has 6 rings (SSSR count). The molecule has 30 heavy (non-hydrogen) atoms. The number of anilines is 1. The van der Waals surface area contributed by atoms with Crippen LogP contribution in [0, 0.1) is 0 Å². The second kappa shape index (κ2) is 7.16. The fraction of sp³-hybridized carbons (Fsp3) is 0.0714. The lowest BCUT2D eigenvalue weighted by molar-refractivity contribution is 0.976. The largest absolute Gasteiger partial charge is 0.355 e. The van der Waals surface area contributed by atoms with Crippen molar-refractivity contribution in [2.45, 2.75) is 12.8 Å². The number of aryl methyl sites for hydroxylation is 1. The zero-order valence-electron chi connectivity index (χ0n) is 16.6. The Morgan fingerprint density at radius 2 is 1.43 bits per heavy atom. The summed E-state index contributed by atoms with van der Waals surface area (Å²) in [5, 5.41) is 6.32. The Kier molecular flexibility index (Phi) is 4.17. The van der Waals surface area contributed by atoms with Gasteiger partial charge < -0.3 is 5.32 Å². The summed E-state index contributed by atoms with van der Waals surface area (Å²) in [6, 6.07) is 33.0. The van der Waals surface area contributed by atoms with Gasteiger partial charge in [-0.3, -0.25) is 0 Å². The van der Waals surface area contributed by atoms with Crippen LogP contribution in [0.3, 0.4) is 0 Å². The highest BCUT2D eigenvalue weighted by Gasteiger charge is 2.12. The first kappa shape index (κ1) is 17.5. The van der Waals surface area contributed by atoms with Gasteiger partial charge in [-0.15, -0.1) is 11.3 Å². The molecular formula is C28H21NS. The fourth-order valence-corrected chi connectivity index (χ4v) is 5.49. The van der Waals surface area contributed by atoms with Crippen LogP contribution in [0.4, 0.5) is 5.69 Å². The van der Waals surface area contributed by atoms with Crippen LogP contribution in [0.15, 0.2) is 97.1 Å². The van der Waals surface area contributed by atoms with Gasteiger partial charge in [-0.2, -0.15) is 0 Å². The molecular weight excluding hydrogens is 382 g/mol. The summed E-state index contributed by atoms with van der Waals surface area (Å²) in [5.41, 5.74) is 7.60. The van der Waals surface area contributed by atoms with E-state index in [4.69, 9.17) is 0 Å². The molecule has 0 unspecified atom stereocenters. The van der Waals surface area contributed by atoms with E-state index in [1.54, 1.807) is 0 Å². The molecule has 0 spiro atoms. The Morgan fingerprint density at radius 1 is 0.667 bits per heavy atom.